The highest BCUT2D eigenvalue weighted by Crippen LogP contribution is 2.28. The fourth-order valence-electron chi connectivity index (χ4n) is 2.36. The van der Waals surface area contributed by atoms with Gasteiger partial charge >= 0.3 is 0 Å². The lowest BCUT2D eigenvalue weighted by molar-refractivity contribution is -0.116. The van der Waals surface area contributed by atoms with E-state index < -0.39 is 0 Å². The first kappa shape index (κ1) is 16.0. The van der Waals surface area contributed by atoms with Crippen molar-refractivity contribution in [3.8, 4) is 0 Å². The van der Waals surface area contributed by atoms with Crippen LogP contribution in [0.5, 0.6) is 0 Å². The van der Waals surface area contributed by atoms with Gasteiger partial charge in [-0.3, -0.25) is 4.79 Å². The molecule has 0 aliphatic rings. The predicted molar refractivity (Wildman–Crippen MR) is 102 cm³/mol. The minimum atomic E-state index is -0.0606. The molecule has 0 aliphatic heterocycles. The molecule has 0 bridgehead atoms. The van der Waals surface area contributed by atoms with E-state index in [-0.39, 0.29) is 5.91 Å². The zero-order chi connectivity index (χ0) is 16.1. The first-order valence-electron chi connectivity index (χ1n) is 7.39. The molecule has 2 nitrogen and oxygen atoms in total. The molecule has 0 saturated heterocycles. The summed E-state index contributed by atoms with van der Waals surface area (Å²) in [6.45, 7) is 0.635. The van der Waals surface area contributed by atoms with Gasteiger partial charge in [-0.05, 0) is 52.6 Å². The molecule has 1 N–H and O–H groups in total. The van der Waals surface area contributed by atoms with Gasteiger partial charge in [0.15, 0.2) is 0 Å². The average Bonchev–Trinajstić information content (AvgIpc) is 2.96. The van der Waals surface area contributed by atoms with Crippen LogP contribution in [0.4, 0.5) is 0 Å². The molecule has 1 aromatic heterocycles. The Labute approximate surface area is 148 Å². The number of fused-ring (bicyclic) bond motifs is 1. The van der Waals surface area contributed by atoms with Gasteiger partial charge in [-0.1, -0.05) is 46.3 Å². The molecular formula is C19H16BrNOS. The number of halogens is 1. The summed E-state index contributed by atoms with van der Waals surface area (Å²) in [7, 11) is 0. The number of carbonyl (C=O) groups excluding carboxylic acids is 1. The number of hydrogen-bond donors (Lipinski definition) is 1. The minimum absolute atomic E-state index is 0.0606. The standard InChI is InChI=1S/C19H16BrNOS/c20-16-7-8-18-17(12-16)15(13-23-18)10-11-21-19(22)9-6-14-4-2-1-3-5-14/h1-9,12-13H,10-11H2,(H,21,22)/b9-6+. The maximum absolute atomic E-state index is 11.9. The van der Waals surface area contributed by atoms with Gasteiger partial charge in [-0.15, -0.1) is 11.3 Å². The first-order valence-corrected chi connectivity index (χ1v) is 9.06. The number of hydrogen-bond acceptors (Lipinski definition) is 2. The van der Waals surface area contributed by atoms with E-state index in [2.05, 4.69) is 44.8 Å². The Kier molecular flexibility index (Phi) is 5.26. The van der Waals surface area contributed by atoms with Crippen molar-refractivity contribution in [1.82, 2.24) is 5.32 Å². The van der Waals surface area contributed by atoms with Gasteiger partial charge in [-0.25, -0.2) is 0 Å². The Hall–Kier alpha value is -1.91. The summed E-state index contributed by atoms with van der Waals surface area (Å²) in [5, 5.41) is 6.37. The zero-order valence-corrected chi connectivity index (χ0v) is 14.9. The quantitative estimate of drug-likeness (QED) is 0.612. The highest BCUT2D eigenvalue weighted by atomic mass is 79.9. The molecule has 4 heteroatoms. The highest BCUT2D eigenvalue weighted by Gasteiger charge is 2.05. The predicted octanol–water partition coefficient (Wildman–Crippen LogP) is 5.04. The molecule has 1 heterocycles. The second kappa shape index (κ2) is 7.57. The molecule has 0 fully saturated rings. The smallest absolute Gasteiger partial charge is 0.244 e. The molecule has 3 rings (SSSR count). The molecule has 2 aromatic carbocycles. The second-order valence-corrected chi connectivity index (χ2v) is 7.01. The second-order valence-electron chi connectivity index (χ2n) is 5.19. The Morgan fingerprint density at radius 2 is 2.00 bits per heavy atom. The molecule has 3 aromatic rings. The molecule has 116 valence electrons. The van der Waals surface area contributed by atoms with E-state index in [1.165, 1.54) is 15.6 Å². The maximum Gasteiger partial charge on any atom is 0.244 e. The van der Waals surface area contributed by atoms with Crippen molar-refractivity contribution in [2.75, 3.05) is 6.54 Å². The van der Waals surface area contributed by atoms with Gasteiger partial charge in [0, 0.05) is 21.8 Å². The monoisotopic (exact) mass is 385 g/mol. The van der Waals surface area contributed by atoms with E-state index in [9.17, 15) is 4.79 Å². The van der Waals surface area contributed by atoms with Gasteiger partial charge in [0.25, 0.3) is 0 Å². The molecule has 0 aliphatic carbocycles. The minimum Gasteiger partial charge on any atom is -0.352 e. The van der Waals surface area contributed by atoms with Crippen molar-refractivity contribution in [3.05, 3.63) is 75.6 Å². The van der Waals surface area contributed by atoms with E-state index in [4.69, 9.17) is 0 Å². The Morgan fingerprint density at radius 1 is 1.17 bits per heavy atom. The Morgan fingerprint density at radius 3 is 2.83 bits per heavy atom. The van der Waals surface area contributed by atoms with Crippen LogP contribution in [0.1, 0.15) is 11.1 Å². The van der Waals surface area contributed by atoms with Crippen LogP contribution in [-0.2, 0) is 11.2 Å². The van der Waals surface area contributed by atoms with E-state index >= 15 is 0 Å². The normalized spacial score (nSPS) is 11.2. The number of nitrogens with one attached hydrogen (secondary N) is 1. The molecule has 0 saturated carbocycles. The van der Waals surface area contributed by atoms with Crippen LogP contribution in [0, 0.1) is 0 Å². The number of rotatable bonds is 5. The van der Waals surface area contributed by atoms with E-state index in [1.54, 1.807) is 17.4 Å². The van der Waals surface area contributed by atoms with Crippen LogP contribution in [0.25, 0.3) is 16.2 Å². The largest absolute Gasteiger partial charge is 0.352 e. The van der Waals surface area contributed by atoms with Crippen LogP contribution in [0.15, 0.2) is 64.5 Å². The van der Waals surface area contributed by atoms with Crippen molar-refractivity contribution in [2.45, 2.75) is 6.42 Å². The number of amides is 1. The molecular weight excluding hydrogens is 370 g/mol. The lowest BCUT2D eigenvalue weighted by atomic mass is 10.1. The lowest BCUT2D eigenvalue weighted by Crippen LogP contribution is -2.23. The van der Waals surface area contributed by atoms with Gasteiger partial charge < -0.3 is 5.32 Å². The Bertz CT molecular complexity index is 839. The summed E-state index contributed by atoms with van der Waals surface area (Å²) in [5.41, 5.74) is 2.30. The zero-order valence-electron chi connectivity index (χ0n) is 12.5. The van der Waals surface area contributed by atoms with Gasteiger partial charge in [0.05, 0.1) is 0 Å². The SMILES string of the molecule is O=C(/C=C/c1ccccc1)NCCc1csc2ccc(Br)cc12. The van der Waals surface area contributed by atoms with E-state index in [1.807, 2.05) is 36.4 Å². The summed E-state index contributed by atoms with van der Waals surface area (Å²) < 4.78 is 2.36. The lowest BCUT2D eigenvalue weighted by Gasteiger charge is -2.02. The summed E-state index contributed by atoms with van der Waals surface area (Å²) in [5.74, 6) is -0.0606. The summed E-state index contributed by atoms with van der Waals surface area (Å²) >= 11 is 5.25. The summed E-state index contributed by atoms with van der Waals surface area (Å²) in [6, 6.07) is 16.1. The molecule has 0 unspecified atom stereocenters. The molecule has 0 atom stereocenters. The molecule has 0 radical (unpaired) electrons. The summed E-state index contributed by atoms with van der Waals surface area (Å²) in [6.07, 6.45) is 4.24. The fraction of sp³-hybridized carbons (Fsp3) is 0.105. The van der Waals surface area contributed by atoms with Gasteiger partial charge in [0.1, 0.15) is 0 Å². The maximum atomic E-state index is 11.9. The van der Waals surface area contributed by atoms with E-state index in [0.717, 1.165) is 16.5 Å². The van der Waals surface area contributed by atoms with Gasteiger partial charge in [0.2, 0.25) is 5.91 Å². The number of carbonyl (C=O) groups is 1. The highest BCUT2D eigenvalue weighted by molar-refractivity contribution is 9.10. The Balaban J connectivity index is 1.55. The summed E-state index contributed by atoms with van der Waals surface area (Å²) in [4.78, 5) is 11.9. The average molecular weight is 386 g/mol. The third-order valence-corrected chi connectivity index (χ3v) is 5.04. The van der Waals surface area contributed by atoms with Crippen molar-refractivity contribution in [1.29, 1.82) is 0 Å². The van der Waals surface area contributed by atoms with Crippen molar-refractivity contribution in [2.24, 2.45) is 0 Å². The number of benzene rings is 2. The third kappa shape index (κ3) is 4.30. The molecule has 23 heavy (non-hydrogen) atoms. The van der Waals surface area contributed by atoms with Crippen LogP contribution in [0.3, 0.4) is 0 Å². The fourth-order valence-corrected chi connectivity index (χ4v) is 3.70. The van der Waals surface area contributed by atoms with E-state index in [0.29, 0.717) is 6.54 Å². The topological polar surface area (TPSA) is 29.1 Å². The van der Waals surface area contributed by atoms with Crippen LogP contribution in [-0.4, -0.2) is 12.5 Å². The van der Waals surface area contributed by atoms with Crippen LogP contribution in [0.2, 0.25) is 0 Å². The number of thiophene rings is 1. The third-order valence-electron chi connectivity index (χ3n) is 3.54. The molecule has 0 spiro atoms. The van der Waals surface area contributed by atoms with Crippen LogP contribution >= 0.6 is 27.3 Å². The van der Waals surface area contributed by atoms with Crippen molar-refractivity contribution < 1.29 is 4.79 Å². The van der Waals surface area contributed by atoms with Crippen molar-refractivity contribution in [3.63, 3.8) is 0 Å². The molecule has 1 amide bonds. The van der Waals surface area contributed by atoms with Crippen LogP contribution < -0.4 is 5.32 Å². The van der Waals surface area contributed by atoms with Crippen molar-refractivity contribution >= 4 is 49.3 Å². The first-order chi connectivity index (χ1) is 11.2. The van der Waals surface area contributed by atoms with Gasteiger partial charge in [-0.2, -0.15) is 0 Å².